The van der Waals surface area contributed by atoms with Gasteiger partial charge in [-0.2, -0.15) is 0 Å². The van der Waals surface area contributed by atoms with Crippen LogP contribution in [-0.2, 0) is 21.7 Å². The number of fused-ring (bicyclic) bond motifs is 18. The Morgan fingerprint density at radius 1 is 0.333 bits per heavy atom. The van der Waals surface area contributed by atoms with Crippen molar-refractivity contribution in [3.05, 3.63) is 149 Å². The normalized spacial score (nSPS) is 14.2. The van der Waals surface area contributed by atoms with Crippen molar-refractivity contribution >= 4 is 121 Å². The van der Waals surface area contributed by atoms with Crippen LogP contribution in [0.15, 0.2) is 115 Å². The Kier molecular flexibility index (Phi) is 7.67. The fraction of sp³-hybridized carbons (Fsp3) is 0.273. The van der Waals surface area contributed by atoms with E-state index in [1.165, 1.54) is 159 Å². The van der Waals surface area contributed by atoms with E-state index in [1.807, 2.05) is 0 Å². The van der Waals surface area contributed by atoms with E-state index in [-0.39, 0.29) is 28.4 Å². The third-order valence-corrected chi connectivity index (χ3v) is 16.9. The maximum Gasteiger partial charge on any atom is 0.252 e. The summed E-state index contributed by atoms with van der Waals surface area (Å²) in [6.45, 7) is 33.1. The number of nitrogens with zero attached hydrogens (tertiary/aromatic N) is 2. The van der Waals surface area contributed by atoms with Crippen molar-refractivity contribution in [1.82, 2.24) is 9.13 Å². The number of hydrogen-bond acceptors (Lipinski definition) is 0. The molecule has 2 aromatic heterocycles. The summed E-state index contributed by atoms with van der Waals surface area (Å²) in [6.07, 6.45) is 0. The van der Waals surface area contributed by atoms with E-state index in [9.17, 15) is 0 Å². The Labute approximate surface area is 406 Å². The van der Waals surface area contributed by atoms with E-state index in [0.29, 0.717) is 0 Å². The largest absolute Gasteiger partial charge is 0.310 e. The molecule has 3 heteroatoms. The molecule has 0 saturated heterocycles. The Morgan fingerprint density at radius 2 is 0.725 bits per heavy atom. The molecular weight excluding hydrogens is 832 g/mol. The zero-order chi connectivity index (χ0) is 47.9. The van der Waals surface area contributed by atoms with Gasteiger partial charge in [0.1, 0.15) is 0 Å². The van der Waals surface area contributed by atoms with Crippen LogP contribution in [0.5, 0.6) is 0 Å². The van der Waals surface area contributed by atoms with Gasteiger partial charge in [-0.1, -0.05) is 173 Å². The van der Waals surface area contributed by atoms with Gasteiger partial charge in [0.2, 0.25) is 0 Å². The van der Waals surface area contributed by atoms with Crippen molar-refractivity contribution in [1.29, 1.82) is 0 Å². The van der Waals surface area contributed by atoms with Gasteiger partial charge in [0.05, 0.1) is 22.4 Å². The molecule has 10 aromatic carbocycles. The van der Waals surface area contributed by atoms with Gasteiger partial charge in [0.25, 0.3) is 6.71 Å². The van der Waals surface area contributed by atoms with Gasteiger partial charge in [-0.25, -0.2) is 0 Å². The molecule has 2 nitrogen and oxygen atoms in total. The lowest BCUT2D eigenvalue weighted by Crippen LogP contribution is -2.60. The molecule has 2 aliphatic heterocycles. The number of aryl methyl sites for hydroxylation is 2. The quantitative estimate of drug-likeness (QED) is 0.0815. The van der Waals surface area contributed by atoms with Crippen molar-refractivity contribution in [2.45, 2.75) is 119 Å². The summed E-state index contributed by atoms with van der Waals surface area (Å²) in [5, 5.41) is 18.9. The molecule has 0 bridgehead atoms. The van der Waals surface area contributed by atoms with Gasteiger partial charge in [-0.15, -0.1) is 0 Å². The van der Waals surface area contributed by atoms with Crippen LogP contribution in [0, 0.1) is 13.8 Å². The molecule has 0 atom stereocenters. The van der Waals surface area contributed by atoms with Crippen molar-refractivity contribution in [2.75, 3.05) is 0 Å². The average Bonchev–Trinajstić information content (AvgIpc) is 3.80. The number of rotatable bonds is 0. The van der Waals surface area contributed by atoms with Crippen molar-refractivity contribution in [2.24, 2.45) is 0 Å². The summed E-state index contributed by atoms with van der Waals surface area (Å²) in [6, 6.07) is 47.0. The monoisotopic (exact) mass is 892 g/mol. The zero-order valence-corrected chi connectivity index (χ0v) is 42.9. The van der Waals surface area contributed by atoms with E-state index >= 15 is 0 Å². The minimum atomic E-state index is -0.0745. The summed E-state index contributed by atoms with van der Waals surface area (Å²) in [5.41, 5.74) is 20.2. The highest BCUT2D eigenvalue weighted by molar-refractivity contribution is 7.01. The Hall–Kier alpha value is -6.58. The summed E-state index contributed by atoms with van der Waals surface area (Å²) < 4.78 is 5.54. The second-order valence-corrected chi connectivity index (χ2v) is 25.6. The molecule has 0 aliphatic carbocycles. The summed E-state index contributed by atoms with van der Waals surface area (Å²) in [5.74, 6) is 0. The SMILES string of the molecule is Cc1ccc2c(c1)c1cccc3c4cc(C)ccc4c4c5c6c(c2c4c13)-n1c2ccc(C(C)(C)C)cc2c2cc(C(C)(C)C)cc(c21)B6c1cc(C(C)(C)C)cc2c3cc(C(C)(C)C)ccc3n-5c12. The van der Waals surface area contributed by atoms with Gasteiger partial charge >= 0.3 is 0 Å². The van der Waals surface area contributed by atoms with Gasteiger partial charge in [0.15, 0.2) is 0 Å². The lowest BCUT2D eigenvalue weighted by atomic mass is 9.33. The second kappa shape index (κ2) is 12.8. The molecule has 0 fully saturated rings. The van der Waals surface area contributed by atoms with Crippen LogP contribution in [-0.4, -0.2) is 15.8 Å². The summed E-state index contributed by atoms with van der Waals surface area (Å²) in [7, 11) is 0. The topological polar surface area (TPSA) is 9.86 Å². The van der Waals surface area contributed by atoms with E-state index in [2.05, 4.69) is 221 Å². The molecule has 69 heavy (non-hydrogen) atoms. The number of benzene rings is 10. The van der Waals surface area contributed by atoms with Crippen molar-refractivity contribution in [3.63, 3.8) is 0 Å². The summed E-state index contributed by atoms with van der Waals surface area (Å²) >= 11 is 0. The highest BCUT2D eigenvalue weighted by Gasteiger charge is 2.45. The van der Waals surface area contributed by atoms with Crippen molar-refractivity contribution in [3.8, 4) is 11.4 Å². The molecule has 338 valence electrons. The van der Waals surface area contributed by atoms with Gasteiger partial charge in [-0.3, -0.25) is 0 Å². The fourth-order valence-electron chi connectivity index (χ4n) is 13.3. The number of aromatic nitrogens is 2. The lowest BCUT2D eigenvalue weighted by molar-refractivity contribution is 0.590. The van der Waals surface area contributed by atoms with Crippen LogP contribution in [0.1, 0.15) is 116 Å². The van der Waals surface area contributed by atoms with Gasteiger partial charge < -0.3 is 9.13 Å². The Balaban J connectivity index is 1.36. The minimum absolute atomic E-state index is 0.00599. The lowest BCUT2D eigenvalue weighted by Gasteiger charge is -2.37. The Morgan fingerprint density at radius 3 is 1.13 bits per heavy atom. The Bertz CT molecular complexity index is 4080. The smallest absolute Gasteiger partial charge is 0.252 e. The molecule has 0 radical (unpaired) electrons. The first kappa shape index (κ1) is 41.4. The van der Waals surface area contributed by atoms with Crippen LogP contribution >= 0.6 is 0 Å². The standard InChI is InChI=1S/C66H61BN2/c1-34-18-22-42-44(26-34)40-16-15-17-41-45-27-35(2)19-23-43(45)56-57(54(40)41)55(42)61-58-62(56)69-53-25-21-37(64(6,7)8)29-47(53)49-31-39(66(12,13)14)33-51(60(49)69)67(58)50-32-38(65(9,10)11)30-48-46-28-36(63(3,4)5)20-24-52(46)68(61)59(48)50/h15-33H,1-14H3. The molecule has 14 rings (SSSR count). The minimum Gasteiger partial charge on any atom is -0.310 e. The highest BCUT2D eigenvalue weighted by atomic mass is 15.0. The first-order valence-electron chi connectivity index (χ1n) is 25.5. The van der Waals surface area contributed by atoms with Crippen LogP contribution in [0.4, 0.5) is 0 Å². The number of hydrogen-bond donors (Lipinski definition) is 0. The predicted molar refractivity (Wildman–Crippen MR) is 303 cm³/mol. The van der Waals surface area contributed by atoms with Crippen LogP contribution < -0.4 is 16.4 Å². The zero-order valence-electron chi connectivity index (χ0n) is 42.9. The molecular formula is C66H61BN2. The average molecular weight is 893 g/mol. The molecule has 0 saturated carbocycles. The predicted octanol–water partition coefficient (Wildman–Crippen LogP) is 16.0. The van der Waals surface area contributed by atoms with Gasteiger partial charge in [-0.05, 0) is 148 Å². The molecule has 0 spiro atoms. The molecule has 0 N–H and O–H groups in total. The van der Waals surface area contributed by atoms with Crippen LogP contribution in [0.25, 0.3) is 109 Å². The molecule has 0 amide bonds. The molecule has 12 aromatic rings. The first-order chi connectivity index (χ1) is 32.6. The van der Waals surface area contributed by atoms with E-state index in [0.717, 1.165) is 0 Å². The van der Waals surface area contributed by atoms with E-state index < -0.39 is 0 Å². The highest BCUT2D eigenvalue weighted by Crippen LogP contribution is 2.53. The van der Waals surface area contributed by atoms with Crippen LogP contribution in [0.3, 0.4) is 0 Å². The maximum atomic E-state index is 2.77. The fourth-order valence-corrected chi connectivity index (χ4v) is 13.3. The maximum absolute atomic E-state index is 2.77. The van der Waals surface area contributed by atoms with Crippen molar-refractivity contribution < 1.29 is 0 Å². The molecule has 4 heterocycles. The van der Waals surface area contributed by atoms with E-state index in [4.69, 9.17) is 0 Å². The third-order valence-electron chi connectivity index (χ3n) is 16.9. The second-order valence-electron chi connectivity index (χ2n) is 25.6. The van der Waals surface area contributed by atoms with Crippen LogP contribution in [0.2, 0.25) is 0 Å². The van der Waals surface area contributed by atoms with E-state index in [1.54, 1.807) is 0 Å². The van der Waals surface area contributed by atoms with Gasteiger partial charge in [0, 0.05) is 48.7 Å². The molecule has 0 unspecified atom stereocenters. The molecule has 2 aliphatic rings. The third kappa shape index (κ3) is 5.24. The first-order valence-corrected chi connectivity index (χ1v) is 25.5. The summed E-state index contributed by atoms with van der Waals surface area (Å²) in [4.78, 5) is 0.